The van der Waals surface area contributed by atoms with Crippen LogP contribution in [-0.2, 0) is 49.6 Å². The molecule has 0 saturated carbocycles. The van der Waals surface area contributed by atoms with Gasteiger partial charge in [-0.3, -0.25) is 33.7 Å². The van der Waals surface area contributed by atoms with Crippen molar-refractivity contribution in [3.63, 3.8) is 0 Å². The van der Waals surface area contributed by atoms with Crippen molar-refractivity contribution in [2.75, 3.05) is 38.1 Å². The number of benzene rings is 1. The molecular formula is C39H55BN6O14. The van der Waals surface area contributed by atoms with Crippen molar-refractivity contribution in [2.24, 2.45) is 11.1 Å². The van der Waals surface area contributed by atoms with Gasteiger partial charge in [-0.1, -0.05) is 6.07 Å². The first kappa shape index (κ1) is 48.9. The molecule has 2 heterocycles. The molecule has 20 nitrogen and oxygen atoms in total. The van der Waals surface area contributed by atoms with E-state index in [-0.39, 0.29) is 63.0 Å². The summed E-state index contributed by atoms with van der Waals surface area (Å²) in [6.45, 7) is 9.37. The zero-order valence-electron chi connectivity index (χ0n) is 34.4. The van der Waals surface area contributed by atoms with Crippen LogP contribution in [0.15, 0.2) is 42.2 Å². The first-order chi connectivity index (χ1) is 28.1. The van der Waals surface area contributed by atoms with Crippen molar-refractivity contribution in [2.45, 2.75) is 103 Å². The number of aliphatic hydroxyl groups is 2. The van der Waals surface area contributed by atoms with Gasteiger partial charge in [-0.05, 0) is 84.1 Å². The van der Waals surface area contributed by atoms with Gasteiger partial charge in [0.25, 0.3) is 18.1 Å². The number of hydrogen-bond donors (Lipinski definition) is 8. The molecule has 2 aliphatic rings. The normalized spacial score (nSPS) is 18.8. The van der Waals surface area contributed by atoms with E-state index >= 15 is 0 Å². The maximum Gasteiger partial charge on any atom is 0.371 e. The Morgan fingerprint density at radius 1 is 0.950 bits per heavy atom. The lowest BCUT2D eigenvalue weighted by atomic mass is 9.93. The van der Waals surface area contributed by atoms with Crippen LogP contribution in [0.25, 0.3) is 0 Å². The number of ether oxygens (including phenoxy) is 4. The number of aliphatic hydroxyl groups excluding tert-OH is 2. The number of unbranched alkanes of at least 4 members (excludes halogenated alkanes) is 1. The van der Waals surface area contributed by atoms with Crippen LogP contribution in [0.4, 0.5) is 10.5 Å². The summed E-state index contributed by atoms with van der Waals surface area (Å²) in [7, 11) is 5.09. The van der Waals surface area contributed by atoms with Crippen molar-refractivity contribution >= 4 is 54.9 Å². The number of carbonyl (C=O) groups excluding carboxylic acids is 6. The predicted molar refractivity (Wildman–Crippen MR) is 214 cm³/mol. The van der Waals surface area contributed by atoms with Crippen LogP contribution >= 0.6 is 0 Å². The number of nitrogens with one attached hydrogen (secondary N) is 4. The molecule has 0 bridgehead atoms. The van der Waals surface area contributed by atoms with Gasteiger partial charge in [0.15, 0.2) is 6.10 Å². The monoisotopic (exact) mass is 842 g/mol. The Labute approximate surface area is 349 Å². The number of imide groups is 1. The minimum absolute atomic E-state index is 0.0603. The molecule has 60 heavy (non-hydrogen) atoms. The lowest BCUT2D eigenvalue weighted by molar-refractivity contribution is -0.172. The van der Waals surface area contributed by atoms with Gasteiger partial charge in [0, 0.05) is 38.3 Å². The Kier molecular flexibility index (Phi) is 18.1. The Balaban J connectivity index is 1.65. The van der Waals surface area contributed by atoms with E-state index in [0.29, 0.717) is 23.3 Å². The molecule has 0 saturated heterocycles. The highest BCUT2D eigenvalue weighted by Crippen LogP contribution is 2.30. The van der Waals surface area contributed by atoms with Crippen LogP contribution in [0.1, 0.15) is 65.9 Å². The zero-order chi connectivity index (χ0) is 44.8. The number of carboxylic acids is 1. The van der Waals surface area contributed by atoms with E-state index in [0.717, 1.165) is 18.2 Å². The SMILES string of the molecule is [B]C(=O)OCc1ccc(O[C@@H]2OC(C(=O)O)=CC(O)[C@H]2O)c(NCCCNC(=O)[C@H](CCCCNC(=O)C(C)(C)COC(C)(C)C)NC(=O)C(CN)N2C(=O)C=CC2=O)c1. The fourth-order valence-corrected chi connectivity index (χ4v) is 5.66. The van der Waals surface area contributed by atoms with E-state index in [1.807, 2.05) is 20.8 Å². The highest BCUT2D eigenvalue weighted by molar-refractivity contribution is 6.55. The van der Waals surface area contributed by atoms with Gasteiger partial charge in [0.1, 0.15) is 30.5 Å². The highest BCUT2D eigenvalue weighted by atomic mass is 16.7. The van der Waals surface area contributed by atoms with Crippen LogP contribution in [0, 0.1) is 5.41 Å². The Bertz CT molecular complexity index is 1780. The van der Waals surface area contributed by atoms with Crippen molar-refractivity contribution in [1.29, 1.82) is 0 Å². The Hall–Kier alpha value is -5.51. The maximum absolute atomic E-state index is 13.5. The molecule has 5 amide bonds. The van der Waals surface area contributed by atoms with E-state index in [2.05, 4.69) is 21.3 Å². The number of anilines is 1. The summed E-state index contributed by atoms with van der Waals surface area (Å²) in [5, 5.41) is 41.3. The van der Waals surface area contributed by atoms with E-state index in [1.165, 1.54) is 18.2 Å². The number of carboxylic acid groups (broad SMARTS) is 1. The fraction of sp³-hybridized carbons (Fsp3) is 0.564. The molecule has 21 heteroatoms. The quantitative estimate of drug-likeness (QED) is 0.0399. The number of aliphatic carboxylic acids is 1. The third-order valence-electron chi connectivity index (χ3n) is 9.04. The number of rotatable bonds is 23. The third-order valence-corrected chi connectivity index (χ3v) is 9.04. The van der Waals surface area contributed by atoms with Crippen molar-refractivity contribution in [1.82, 2.24) is 20.9 Å². The van der Waals surface area contributed by atoms with Gasteiger partial charge in [-0.2, -0.15) is 0 Å². The van der Waals surface area contributed by atoms with E-state index in [4.69, 9.17) is 32.5 Å². The molecule has 9 N–H and O–H groups in total. The lowest BCUT2D eigenvalue weighted by Crippen LogP contribution is -2.57. The number of hydrogen-bond acceptors (Lipinski definition) is 15. The number of nitrogens with two attached hydrogens (primary N) is 1. The number of nitrogens with zero attached hydrogens (tertiary/aromatic N) is 1. The summed E-state index contributed by atoms with van der Waals surface area (Å²) in [6.07, 6.45) is -0.764. The largest absolute Gasteiger partial charge is 0.475 e. The Morgan fingerprint density at radius 2 is 1.62 bits per heavy atom. The fourth-order valence-electron chi connectivity index (χ4n) is 5.66. The summed E-state index contributed by atoms with van der Waals surface area (Å²) in [6, 6.07) is 1.99. The molecular weight excluding hydrogens is 787 g/mol. The summed E-state index contributed by atoms with van der Waals surface area (Å²) < 4.78 is 21.6. The molecule has 0 aromatic heterocycles. The molecule has 3 rings (SSSR count). The van der Waals surface area contributed by atoms with Gasteiger partial charge in [-0.25, -0.2) is 4.79 Å². The number of amides is 5. The Morgan fingerprint density at radius 3 is 2.23 bits per heavy atom. The molecule has 328 valence electrons. The van der Waals surface area contributed by atoms with Crippen LogP contribution in [0.3, 0.4) is 0 Å². The standard InChI is InChI=1S/C39H55BN6O14/c1-38(2,3)58-21-39(4,5)36(55)44-14-7-6-9-23(45-33(52)25(19-41)46-29(48)12-13-30(46)49)32(51)43-16-8-15-42-24-17-22(20-57-37(40)56)10-11-27(24)59-35-31(50)26(47)18-28(60-35)34(53)54/h10-13,17-18,23,25-26,31,35,42,47,50H,6-9,14-16,19-21,41H2,1-5H3,(H,43,51)(H,44,55)(H,45,52)(H,53,54)/t23-,25?,26?,31+,35+/m0/s1. The average Bonchev–Trinajstić information content (AvgIpc) is 3.50. The van der Waals surface area contributed by atoms with E-state index in [1.54, 1.807) is 13.8 Å². The summed E-state index contributed by atoms with van der Waals surface area (Å²) in [4.78, 5) is 87.7. The number of carbonyl (C=O) groups is 7. The molecule has 2 radical (unpaired) electrons. The topological polar surface area (TPSA) is 294 Å². The van der Waals surface area contributed by atoms with Crippen LogP contribution < -0.4 is 31.7 Å². The van der Waals surface area contributed by atoms with Crippen molar-refractivity contribution < 1.29 is 67.8 Å². The molecule has 0 fully saturated rings. The second-order valence-corrected chi connectivity index (χ2v) is 15.7. The smallest absolute Gasteiger partial charge is 0.371 e. The third kappa shape index (κ3) is 14.9. The predicted octanol–water partition coefficient (Wildman–Crippen LogP) is -0.300. The molecule has 5 atom stereocenters. The molecule has 1 aromatic carbocycles. The molecule has 1 aromatic rings. The second-order valence-electron chi connectivity index (χ2n) is 15.7. The van der Waals surface area contributed by atoms with Crippen molar-refractivity contribution in [3.05, 3.63) is 47.7 Å². The van der Waals surface area contributed by atoms with Gasteiger partial charge in [-0.15, -0.1) is 0 Å². The summed E-state index contributed by atoms with van der Waals surface area (Å²) >= 11 is 0. The van der Waals surface area contributed by atoms with Gasteiger partial charge < -0.3 is 61.3 Å². The van der Waals surface area contributed by atoms with Crippen molar-refractivity contribution in [3.8, 4) is 5.75 Å². The minimum atomic E-state index is -1.65. The minimum Gasteiger partial charge on any atom is -0.475 e. The molecule has 0 aliphatic carbocycles. The van der Waals surface area contributed by atoms with Gasteiger partial charge in [0.2, 0.25) is 37.2 Å². The molecule has 2 unspecified atom stereocenters. The molecule has 0 spiro atoms. The summed E-state index contributed by atoms with van der Waals surface area (Å²) in [5.74, 6) is -6.10. The highest BCUT2D eigenvalue weighted by Gasteiger charge is 2.38. The first-order valence-corrected chi connectivity index (χ1v) is 19.3. The lowest BCUT2D eigenvalue weighted by Gasteiger charge is -2.31. The van der Waals surface area contributed by atoms with Crippen LogP contribution in [0.2, 0.25) is 0 Å². The zero-order valence-corrected chi connectivity index (χ0v) is 34.4. The second kappa shape index (κ2) is 22.2. The van der Waals surface area contributed by atoms with E-state index < -0.39 is 89.4 Å². The first-order valence-electron chi connectivity index (χ1n) is 19.3. The van der Waals surface area contributed by atoms with E-state index in [9.17, 15) is 48.9 Å². The summed E-state index contributed by atoms with van der Waals surface area (Å²) in [5.41, 5.74) is 5.31. The van der Waals surface area contributed by atoms with Crippen LogP contribution in [-0.4, -0.2) is 138 Å². The van der Waals surface area contributed by atoms with Gasteiger partial charge in [0.05, 0.1) is 23.3 Å². The average molecular weight is 843 g/mol. The van der Waals surface area contributed by atoms with Crippen LogP contribution in [0.5, 0.6) is 5.75 Å². The maximum atomic E-state index is 13.5. The van der Waals surface area contributed by atoms with Gasteiger partial charge >= 0.3 is 5.97 Å². The molecule has 2 aliphatic heterocycles.